The summed E-state index contributed by atoms with van der Waals surface area (Å²) < 4.78 is 7.66. The van der Waals surface area contributed by atoms with Crippen LogP contribution in [0.4, 0.5) is 0 Å². The van der Waals surface area contributed by atoms with Gasteiger partial charge in [0.2, 0.25) is 0 Å². The second-order valence-electron chi connectivity index (χ2n) is 5.95. The van der Waals surface area contributed by atoms with Crippen LogP contribution in [0.15, 0.2) is 60.9 Å². The Morgan fingerprint density at radius 1 is 1.22 bits per heavy atom. The normalized spacial score (nSPS) is 11.0. The third kappa shape index (κ3) is 3.54. The number of hydrogen-bond acceptors (Lipinski definition) is 4. The molecule has 5 nitrogen and oxygen atoms in total. The molecule has 0 atom stereocenters. The van der Waals surface area contributed by atoms with Gasteiger partial charge in [-0.05, 0) is 29.8 Å². The zero-order valence-electron chi connectivity index (χ0n) is 14.3. The Morgan fingerprint density at radius 3 is 2.85 bits per heavy atom. The van der Waals surface area contributed by atoms with Crippen molar-refractivity contribution in [1.29, 1.82) is 0 Å². The third-order valence-electron chi connectivity index (χ3n) is 4.20. The highest BCUT2D eigenvalue weighted by molar-refractivity contribution is 7.17. The molecule has 0 bridgehead atoms. The van der Waals surface area contributed by atoms with Crippen LogP contribution in [0.2, 0.25) is 5.02 Å². The van der Waals surface area contributed by atoms with Crippen LogP contribution in [0.5, 0.6) is 5.75 Å². The minimum atomic E-state index is -0.504. The van der Waals surface area contributed by atoms with E-state index in [1.165, 1.54) is 11.3 Å². The highest BCUT2D eigenvalue weighted by Crippen LogP contribution is 2.38. The van der Waals surface area contributed by atoms with E-state index in [2.05, 4.69) is 5.10 Å². The Labute approximate surface area is 165 Å². The fourth-order valence-electron chi connectivity index (χ4n) is 2.88. The number of ether oxygens (including phenoxy) is 1. The topological polar surface area (TPSA) is 69.6 Å². The van der Waals surface area contributed by atoms with Crippen molar-refractivity contribution in [2.24, 2.45) is 5.73 Å². The second-order valence-corrected chi connectivity index (χ2v) is 7.41. The Balaban J connectivity index is 1.59. The summed E-state index contributed by atoms with van der Waals surface area (Å²) in [4.78, 5) is 13.2. The fraction of sp³-hybridized carbons (Fsp3) is 0.100. The van der Waals surface area contributed by atoms with Crippen LogP contribution in [-0.4, -0.2) is 22.1 Å². The van der Waals surface area contributed by atoms with Gasteiger partial charge in [0.05, 0.1) is 18.3 Å². The Hall–Kier alpha value is -2.83. The summed E-state index contributed by atoms with van der Waals surface area (Å²) in [5, 5.41) is 5.04. The van der Waals surface area contributed by atoms with Gasteiger partial charge in [-0.1, -0.05) is 35.9 Å². The number of rotatable bonds is 6. The average Bonchev–Trinajstić information content (AvgIpc) is 3.27. The van der Waals surface area contributed by atoms with Crippen molar-refractivity contribution >= 4 is 34.4 Å². The lowest BCUT2D eigenvalue weighted by atomic mass is 10.2. The standard InChI is InChI=1S/C20H16ClN3O2S/c21-15-6-2-1-5-13(15)8-10-26-17-11-18(27-19(17)20(22)25)14-12-23-24-9-4-3-7-16(14)24/h1-7,9,11-12H,8,10H2,(H2,22,25). The number of hydrogen-bond donors (Lipinski definition) is 1. The molecule has 4 rings (SSSR count). The molecule has 0 radical (unpaired) electrons. The summed E-state index contributed by atoms with van der Waals surface area (Å²) in [7, 11) is 0. The molecule has 1 aromatic carbocycles. The second kappa shape index (κ2) is 7.42. The smallest absolute Gasteiger partial charge is 0.262 e. The first-order valence-corrected chi connectivity index (χ1v) is 9.55. The SMILES string of the molecule is NC(=O)c1sc(-c2cnn3ccccc23)cc1OCCc1ccccc1Cl. The summed E-state index contributed by atoms with van der Waals surface area (Å²) in [6.07, 6.45) is 4.29. The zero-order chi connectivity index (χ0) is 18.8. The predicted molar refractivity (Wildman–Crippen MR) is 108 cm³/mol. The number of thiophene rings is 1. The van der Waals surface area contributed by atoms with Crippen molar-refractivity contribution in [1.82, 2.24) is 9.61 Å². The van der Waals surface area contributed by atoms with Gasteiger partial charge in [-0.25, -0.2) is 4.52 Å². The molecule has 3 aromatic heterocycles. The van der Waals surface area contributed by atoms with Crippen molar-refractivity contribution in [3.63, 3.8) is 0 Å². The van der Waals surface area contributed by atoms with E-state index in [1.807, 2.05) is 54.7 Å². The number of aromatic nitrogens is 2. The number of fused-ring (bicyclic) bond motifs is 1. The lowest BCUT2D eigenvalue weighted by Gasteiger charge is -2.07. The summed E-state index contributed by atoms with van der Waals surface area (Å²) in [6.45, 7) is 0.398. The van der Waals surface area contributed by atoms with E-state index in [4.69, 9.17) is 22.1 Å². The molecule has 0 fully saturated rings. The number of carbonyl (C=O) groups excluding carboxylic acids is 1. The van der Waals surface area contributed by atoms with E-state index >= 15 is 0 Å². The monoisotopic (exact) mass is 397 g/mol. The molecule has 136 valence electrons. The minimum absolute atomic E-state index is 0.398. The molecular weight excluding hydrogens is 382 g/mol. The molecule has 0 saturated heterocycles. The van der Waals surface area contributed by atoms with Crippen LogP contribution >= 0.6 is 22.9 Å². The van der Waals surface area contributed by atoms with Gasteiger partial charge in [-0.3, -0.25) is 4.79 Å². The van der Waals surface area contributed by atoms with Crippen LogP contribution < -0.4 is 10.5 Å². The summed E-state index contributed by atoms with van der Waals surface area (Å²) in [6, 6.07) is 15.3. The maximum Gasteiger partial charge on any atom is 0.262 e. The fourth-order valence-corrected chi connectivity index (χ4v) is 4.08. The third-order valence-corrected chi connectivity index (χ3v) is 5.73. The molecule has 0 aliphatic heterocycles. The van der Waals surface area contributed by atoms with Crippen molar-refractivity contribution in [2.45, 2.75) is 6.42 Å². The van der Waals surface area contributed by atoms with Crippen LogP contribution in [0.25, 0.3) is 16.0 Å². The van der Waals surface area contributed by atoms with E-state index in [9.17, 15) is 4.79 Å². The van der Waals surface area contributed by atoms with E-state index in [1.54, 1.807) is 10.7 Å². The molecule has 27 heavy (non-hydrogen) atoms. The van der Waals surface area contributed by atoms with Gasteiger partial charge in [-0.15, -0.1) is 11.3 Å². The lowest BCUT2D eigenvalue weighted by Crippen LogP contribution is -2.11. The Bertz CT molecular complexity index is 1120. The van der Waals surface area contributed by atoms with Gasteiger partial charge in [0.15, 0.2) is 0 Å². The van der Waals surface area contributed by atoms with Crippen LogP contribution in [0.1, 0.15) is 15.2 Å². The first kappa shape index (κ1) is 17.6. The van der Waals surface area contributed by atoms with E-state index < -0.39 is 5.91 Å². The number of nitrogens with two attached hydrogens (primary N) is 1. The van der Waals surface area contributed by atoms with E-state index in [0.717, 1.165) is 21.5 Å². The Morgan fingerprint density at radius 2 is 2.04 bits per heavy atom. The molecule has 0 aliphatic rings. The molecule has 1 amide bonds. The maximum atomic E-state index is 11.9. The molecule has 7 heteroatoms. The molecule has 2 N–H and O–H groups in total. The van der Waals surface area contributed by atoms with Gasteiger partial charge in [-0.2, -0.15) is 5.10 Å². The average molecular weight is 398 g/mol. The first-order valence-electron chi connectivity index (χ1n) is 8.36. The first-order chi connectivity index (χ1) is 13.1. The van der Waals surface area contributed by atoms with E-state index in [-0.39, 0.29) is 0 Å². The van der Waals surface area contributed by atoms with Gasteiger partial charge in [0, 0.05) is 28.1 Å². The van der Waals surface area contributed by atoms with Crippen LogP contribution in [0, 0.1) is 0 Å². The van der Waals surface area contributed by atoms with E-state index in [0.29, 0.717) is 28.7 Å². The van der Waals surface area contributed by atoms with Gasteiger partial charge >= 0.3 is 0 Å². The lowest BCUT2D eigenvalue weighted by molar-refractivity contribution is 0.100. The molecule has 0 unspecified atom stereocenters. The van der Waals surface area contributed by atoms with Crippen LogP contribution in [-0.2, 0) is 6.42 Å². The van der Waals surface area contributed by atoms with Gasteiger partial charge < -0.3 is 10.5 Å². The van der Waals surface area contributed by atoms with Crippen LogP contribution in [0.3, 0.4) is 0 Å². The zero-order valence-corrected chi connectivity index (χ0v) is 15.8. The number of primary amides is 1. The molecule has 0 aliphatic carbocycles. The maximum absolute atomic E-state index is 11.9. The molecule has 3 heterocycles. The quantitative estimate of drug-likeness (QED) is 0.523. The highest BCUT2D eigenvalue weighted by atomic mass is 35.5. The minimum Gasteiger partial charge on any atom is -0.491 e. The predicted octanol–water partition coefficient (Wildman–Crippen LogP) is 4.44. The number of halogens is 1. The highest BCUT2D eigenvalue weighted by Gasteiger charge is 2.18. The van der Waals surface area contributed by atoms with Crippen molar-refractivity contribution < 1.29 is 9.53 Å². The molecule has 0 spiro atoms. The number of benzene rings is 1. The van der Waals surface area contributed by atoms with Crippen molar-refractivity contribution in [3.8, 4) is 16.2 Å². The number of amides is 1. The molecule has 4 aromatic rings. The summed E-state index contributed by atoms with van der Waals surface area (Å²) in [5.74, 6) is -0.0136. The number of carbonyl (C=O) groups is 1. The van der Waals surface area contributed by atoms with Crippen molar-refractivity contribution in [3.05, 3.63) is 76.4 Å². The Kier molecular flexibility index (Phi) is 4.83. The van der Waals surface area contributed by atoms with Gasteiger partial charge in [0.1, 0.15) is 10.6 Å². The summed E-state index contributed by atoms with van der Waals surface area (Å²) in [5.41, 5.74) is 8.44. The molecular formula is C20H16ClN3O2S. The number of pyridine rings is 1. The molecule has 0 saturated carbocycles. The summed E-state index contributed by atoms with van der Waals surface area (Å²) >= 11 is 7.49. The number of nitrogens with zero attached hydrogens (tertiary/aromatic N) is 2. The van der Waals surface area contributed by atoms with Crippen molar-refractivity contribution in [2.75, 3.05) is 6.61 Å². The van der Waals surface area contributed by atoms with Gasteiger partial charge in [0.25, 0.3) is 5.91 Å². The largest absolute Gasteiger partial charge is 0.491 e.